The van der Waals surface area contributed by atoms with Crippen LogP contribution >= 0.6 is 22.6 Å². The summed E-state index contributed by atoms with van der Waals surface area (Å²) in [5.74, 6) is 0.714. The fourth-order valence-electron chi connectivity index (χ4n) is 2.53. The lowest BCUT2D eigenvalue weighted by Gasteiger charge is -2.09. The van der Waals surface area contributed by atoms with E-state index in [2.05, 4.69) is 34.8 Å². The molecule has 1 N–H and O–H groups in total. The Labute approximate surface area is 164 Å². The van der Waals surface area contributed by atoms with E-state index >= 15 is 0 Å². The fraction of sp³-hybridized carbons (Fsp3) is 0.381. The van der Waals surface area contributed by atoms with Gasteiger partial charge in [-0.15, -0.1) is 0 Å². The number of halogens is 1. The van der Waals surface area contributed by atoms with Crippen LogP contribution in [0.5, 0.6) is 5.75 Å². The van der Waals surface area contributed by atoms with Gasteiger partial charge in [-0.3, -0.25) is 4.79 Å². The Morgan fingerprint density at radius 2 is 1.64 bits per heavy atom. The molecule has 0 fully saturated rings. The largest absolute Gasteiger partial charge is 0.494 e. The molecule has 4 heteroatoms. The molecule has 1 amide bonds. The minimum absolute atomic E-state index is 0.105. The Kier molecular flexibility index (Phi) is 8.80. The minimum Gasteiger partial charge on any atom is -0.494 e. The van der Waals surface area contributed by atoms with Crippen molar-refractivity contribution in [2.45, 2.75) is 45.4 Å². The van der Waals surface area contributed by atoms with Crippen LogP contribution in [0, 0.1) is 3.57 Å². The summed E-state index contributed by atoms with van der Waals surface area (Å²) in [7, 11) is 0. The number of hydrogen-bond acceptors (Lipinski definition) is 2. The number of unbranched alkanes of at least 4 members (excludes halogenated alkanes) is 5. The second-order valence-corrected chi connectivity index (χ2v) is 7.24. The average molecular weight is 451 g/mol. The molecule has 0 radical (unpaired) electrons. The minimum atomic E-state index is -0.105. The second-order valence-electron chi connectivity index (χ2n) is 6.07. The maximum atomic E-state index is 12.3. The van der Waals surface area contributed by atoms with E-state index in [9.17, 15) is 4.79 Å². The number of rotatable bonds is 10. The smallest absolute Gasteiger partial charge is 0.255 e. The predicted octanol–water partition coefficient (Wildman–Crippen LogP) is 6.28. The molecular formula is C21H26INO2. The summed E-state index contributed by atoms with van der Waals surface area (Å²) >= 11 is 2.21. The van der Waals surface area contributed by atoms with E-state index in [0.717, 1.165) is 28.0 Å². The Morgan fingerprint density at radius 1 is 0.960 bits per heavy atom. The van der Waals surface area contributed by atoms with Crippen LogP contribution in [0.1, 0.15) is 55.8 Å². The maximum absolute atomic E-state index is 12.3. The van der Waals surface area contributed by atoms with Gasteiger partial charge < -0.3 is 10.1 Å². The Bertz CT molecular complexity index is 655. The normalized spacial score (nSPS) is 10.5. The zero-order valence-electron chi connectivity index (χ0n) is 14.8. The van der Waals surface area contributed by atoms with Gasteiger partial charge in [-0.05, 0) is 65.4 Å². The molecule has 0 saturated carbocycles. The highest BCUT2D eigenvalue weighted by Gasteiger charge is 2.08. The van der Waals surface area contributed by atoms with E-state index in [1.54, 1.807) is 0 Å². The lowest BCUT2D eigenvalue weighted by molar-refractivity contribution is 0.102. The van der Waals surface area contributed by atoms with Crippen LogP contribution in [-0.4, -0.2) is 12.5 Å². The highest BCUT2D eigenvalue weighted by molar-refractivity contribution is 14.1. The lowest BCUT2D eigenvalue weighted by atomic mass is 10.1. The van der Waals surface area contributed by atoms with Crippen LogP contribution in [0.15, 0.2) is 48.5 Å². The number of amides is 1. The molecule has 2 rings (SSSR count). The molecule has 2 aromatic carbocycles. The third-order valence-corrected chi connectivity index (χ3v) is 4.95. The van der Waals surface area contributed by atoms with E-state index in [1.807, 2.05) is 48.5 Å². The molecule has 2 aromatic rings. The number of hydrogen-bond donors (Lipinski definition) is 1. The number of anilines is 1. The molecule has 0 spiro atoms. The molecule has 3 nitrogen and oxygen atoms in total. The van der Waals surface area contributed by atoms with Gasteiger partial charge in [0.05, 0.1) is 12.3 Å². The van der Waals surface area contributed by atoms with Gasteiger partial charge in [-0.1, -0.05) is 51.2 Å². The lowest BCUT2D eigenvalue weighted by Crippen LogP contribution is -2.12. The summed E-state index contributed by atoms with van der Waals surface area (Å²) < 4.78 is 6.77. The average Bonchev–Trinajstić information content (AvgIpc) is 2.63. The van der Waals surface area contributed by atoms with Crippen molar-refractivity contribution >= 4 is 34.2 Å². The van der Waals surface area contributed by atoms with Crippen molar-refractivity contribution in [2.75, 3.05) is 11.9 Å². The summed E-state index contributed by atoms with van der Waals surface area (Å²) in [5, 5.41) is 2.94. The number of ether oxygens (including phenoxy) is 1. The van der Waals surface area contributed by atoms with Crippen molar-refractivity contribution in [1.29, 1.82) is 0 Å². The first-order chi connectivity index (χ1) is 12.2. The van der Waals surface area contributed by atoms with Crippen LogP contribution in [0.4, 0.5) is 5.69 Å². The predicted molar refractivity (Wildman–Crippen MR) is 112 cm³/mol. The van der Waals surface area contributed by atoms with E-state index < -0.39 is 0 Å². The molecule has 0 bridgehead atoms. The van der Waals surface area contributed by atoms with E-state index in [0.29, 0.717) is 5.56 Å². The Balaban J connectivity index is 1.75. The van der Waals surface area contributed by atoms with Gasteiger partial charge in [-0.25, -0.2) is 0 Å². The summed E-state index contributed by atoms with van der Waals surface area (Å²) in [6.07, 6.45) is 7.51. The fourth-order valence-corrected chi connectivity index (χ4v) is 3.05. The molecule has 0 aliphatic carbocycles. The van der Waals surface area contributed by atoms with Gasteiger partial charge in [0, 0.05) is 9.13 Å². The summed E-state index contributed by atoms with van der Waals surface area (Å²) in [6, 6.07) is 15.1. The van der Waals surface area contributed by atoms with Crippen molar-refractivity contribution in [1.82, 2.24) is 0 Å². The van der Waals surface area contributed by atoms with Crippen LogP contribution in [0.25, 0.3) is 0 Å². The van der Waals surface area contributed by atoms with Crippen LogP contribution < -0.4 is 10.1 Å². The first-order valence-electron chi connectivity index (χ1n) is 8.99. The van der Waals surface area contributed by atoms with Crippen molar-refractivity contribution < 1.29 is 9.53 Å². The highest BCUT2D eigenvalue weighted by Crippen LogP contribution is 2.19. The SMILES string of the molecule is CCCCCCCCOc1ccc(C(=O)Nc2ccccc2I)cc1. The van der Waals surface area contributed by atoms with Crippen LogP contribution in [0.3, 0.4) is 0 Å². The van der Waals surface area contributed by atoms with Gasteiger partial charge in [-0.2, -0.15) is 0 Å². The first kappa shape index (κ1) is 19.8. The highest BCUT2D eigenvalue weighted by atomic mass is 127. The number of nitrogens with one attached hydrogen (secondary N) is 1. The summed E-state index contributed by atoms with van der Waals surface area (Å²) in [4.78, 5) is 12.3. The molecule has 0 unspecified atom stereocenters. The van der Waals surface area contributed by atoms with E-state index in [1.165, 1.54) is 32.1 Å². The van der Waals surface area contributed by atoms with Gasteiger partial charge >= 0.3 is 0 Å². The maximum Gasteiger partial charge on any atom is 0.255 e. The van der Waals surface area contributed by atoms with Crippen molar-refractivity contribution in [3.8, 4) is 5.75 Å². The van der Waals surface area contributed by atoms with E-state index in [-0.39, 0.29) is 5.91 Å². The van der Waals surface area contributed by atoms with Gasteiger partial charge in [0.2, 0.25) is 0 Å². The molecule has 0 aromatic heterocycles. The van der Waals surface area contributed by atoms with Crippen molar-refractivity contribution in [3.05, 3.63) is 57.7 Å². The molecule has 0 aliphatic heterocycles. The van der Waals surface area contributed by atoms with Crippen molar-refractivity contribution in [3.63, 3.8) is 0 Å². The molecule has 0 heterocycles. The summed E-state index contributed by atoms with van der Waals surface area (Å²) in [5.41, 5.74) is 1.46. The Hall–Kier alpha value is -1.56. The third kappa shape index (κ3) is 7.06. The number of carbonyl (C=O) groups is 1. The zero-order valence-corrected chi connectivity index (χ0v) is 16.9. The van der Waals surface area contributed by atoms with Gasteiger partial charge in [0.1, 0.15) is 5.75 Å². The van der Waals surface area contributed by atoms with Gasteiger partial charge in [0.15, 0.2) is 0 Å². The van der Waals surface area contributed by atoms with Gasteiger partial charge in [0.25, 0.3) is 5.91 Å². The van der Waals surface area contributed by atoms with Crippen LogP contribution in [-0.2, 0) is 0 Å². The molecule has 134 valence electrons. The molecule has 25 heavy (non-hydrogen) atoms. The quantitative estimate of drug-likeness (QED) is 0.341. The Morgan fingerprint density at radius 3 is 2.36 bits per heavy atom. The molecule has 0 atom stereocenters. The number of benzene rings is 2. The number of para-hydroxylation sites is 1. The van der Waals surface area contributed by atoms with Crippen molar-refractivity contribution in [2.24, 2.45) is 0 Å². The zero-order chi connectivity index (χ0) is 17.9. The molecule has 0 aliphatic rings. The number of carbonyl (C=O) groups excluding carboxylic acids is 1. The second kappa shape index (κ2) is 11.1. The van der Waals surface area contributed by atoms with E-state index in [4.69, 9.17) is 4.74 Å². The first-order valence-corrected chi connectivity index (χ1v) is 10.1. The molecule has 0 saturated heterocycles. The standard InChI is InChI=1S/C21H26INO2/c1-2-3-4-5-6-9-16-25-18-14-12-17(13-15-18)21(24)23-20-11-8-7-10-19(20)22/h7-8,10-15H,2-6,9,16H2,1H3,(H,23,24). The third-order valence-electron chi connectivity index (χ3n) is 4.01. The van der Waals surface area contributed by atoms with Crippen LogP contribution in [0.2, 0.25) is 0 Å². The topological polar surface area (TPSA) is 38.3 Å². The molecular weight excluding hydrogens is 425 g/mol. The monoisotopic (exact) mass is 451 g/mol. The summed E-state index contributed by atoms with van der Waals surface area (Å²) in [6.45, 7) is 2.97.